The van der Waals surface area contributed by atoms with Gasteiger partial charge in [0, 0.05) is 18.1 Å². The van der Waals surface area contributed by atoms with Crippen molar-refractivity contribution in [3.05, 3.63) is 58.9 Å². The first-order valence-electron chi connectivity index (χ1n) is 6.16. The normalized spacial score (nSPS) is 10.7. The fourth-order valence-corrected chi connectivity index (χ4v) is 2.13. The lowest BCUT2D eigenvalue weighted by Crippen LogP contribution is -2.38. The average molecular weight is 260 g/mol. The molecule has 0 aliphatic carbocycles. The monoisotopic (exact) mass is 260 g/mol. The standard InChI is InChI=1S/C15H17NO3/c1-11-15(19)14(10-18)13(9-17)8-16(11)7-12-5-3-2-4-6-12/h2-6,8,17-18H,7,9-10H2,1H3/p+1. The summed E-state index contributed by atoms with van der Waals surface area (Å²) in [7, 11) is 0. The van der Waals surface area contributed by atoms with E-state index < -0.39 is 0 Å². The molecule has 0 amide bonds. The lowest BCUT2D eigenvalue weighted by molar-refractivity contribution is -0.695. The van der Waals surface area contributed by atoms with Crippen LogP contribution in [0.1, 0.15) is 22.4 Å². The number of hydrogen-bond donors (Lipinski definition) is 3. The van der Waals surface area contributed by atoms with E-state index in [4.69, 9.17) is 0 Å². The molecule has 1 heterocycles. The summed E-state index contributed by atoms with van der Waals surface area (Å²) in [6.07, 6.45) is 1.77. The molecule has 2 aromatic rings. The summed E-state index contributed by atoms with van der Waals surface area (Å²) < 4.78 is 1.87. The van der Waals surface area contributed by atoms with Gasteiger partial charge in [0.05, 0.1) is 18.8 Å². The van der Waals surface area contributed by atoms with Crippen molar-refractivity contribution < 1.29 is 19.9 Å². The molecular formula is C15H18NO3+. The van der Waals surface area contributed by atoms with Crippen LogP contribution in [0, 0.1) is 6.92 Å². The number of hydrogen-bond acceptors (Lipinski definition) is 3. The SMILES string of the molecule is Cc1c(O)c(CO)c(CO)c[n+]1Cc1ccccc1. The van der Waals surface area contributed by atoms with Gasteiger partial charge in [0.25, 0.3) is 0 Å². The van der Waals surface area contributed by atoms with Crippen molar-refractivity contribution in [1.82, 2.24) is 0 Å². The van der Waals surface area contributed by atoms with Gasteiger partial charge in [-0.15, -0.1) is 0 Å². The highest BCUT2D eigenvalue weighted by atomic mass is 16.3. The van der Waals surface area contributed by atoms with E-state index in [1.54, 1.807) is 13.1 Å². The number of pyridine rings is 1. The summed E-state index contributed by atoms with van der Waals surface area (Å²) in [5.41, 5.74) is 2.71. The maximum atomic E-state index is 10.1. The van der Waals surface area contributed by atoms with Crippen LogP contribution in [-0.2, 0) is 19.8 Å². The second kappa shape index (κ2) is 5.82. The van der Waals surface area contributed by atoms with Crippen molar-refractivity contribution in [3.63, 3.8) is 0 Å². The van der Waals surface area contributed by atoms with Gasteiger partial charge in [-0.1, -0.05) is 30.3 Å². The van der Waals surface area contributed by atoms with E-state index in [2.05, 4.69) is 0 Å². The fourth-order valence-electron chi connectivity index (χ4n) is 2.13. The van der Waals surface area contributed by atoms with Gasteiger partial charge >= 0.3 is 0 Å². The second-order valence-corrected chi connectivity index (χ2v) is 4.50. The van der Waals surface area contributed by atoms with Crippen LogP contribution in [0.5, 0.6) is 5.75 Å². The molecule has 4 nitrogen and oxygen atoms in total. The lowest BCUT2D eigenvalue weighted by atomic mass is 10.1. The smallest absolute Gasteiger partial charge is 0.220 e. The summed E-state index contributed by atoms with van der Waals surface area (Å²) in [5, 5.41) is 28.7. The molecule has 19 heavy (non-hydrogen) atoms. The molecule has 0 atom stereocenters. The fraction of sp³-hybridized carbons (Fsp3) is 0.267. The first kappa shape index (κ1) is 13.5. The molecule has 0 aliphatic heterocycles. The quantitative estimate of drug-likeness (QED) is 0.719. The Hall–Kier alpha value is -1.91. The number of aromatic hydroxyl groups is 1. The van der Waals surface area contributed by atoms with E-state index in [1.807, 2.05) is 34.9 Å². The first-order valence-corrected chi connectivity index (χ1v) is 6.16. The van der Waals surface area contributed by atoms with Crippen LogP contribution in [-0.4, -0.2) is 15.3 Å². The van der Waals surface area contributed by atoms with Crippen LogP contribution in [0.15, 0.2) is 36.5 Å². The van der Waals surface area contributed by atoms with E-state index in [0.29, 0.717) is 23.4 Å². The summed E-state index contributed by atoms with van der Waals surface area (Å²) in [4.78, 5) is 0. The third-order valence-corrected chi connectivity index (χ3v) is 3.28. The van der Waals surface area contributed by atoms with Gasteiger partial charge in [-0.25, -0.2) is 0 Å². The van der Waals surface area contributed by atoms with Gasteiger partial charge in [0.2, 0.25) is 5.69 Å². The van der Waals surface area contributed by atoms with Crippen LogP contribution in [0.25, 0.3) is 0 Å². The zero-order valence-corrected chi connectivity index (χ0v) is 10.9. The highest BCUT2D eigenvalue weighted by Crippen LogP contribution is 2.23. The molecule has 1 aromatic heterocycles. The molecule has 0 radical (unpaired) electrons. The van der Waals surface area contributed by atoms with E-state index in [0.717, 1.165) is 5.56 Å². The largest absolute Gasteiger partial charge is 0.502 e. The van der Waals surface area contributed by atoms with Gasteiger partial charge in [-0.05, 0) is 0 Å². The van der Waals surface area contributed by atoms with Crippen LogP contribution < -0.4 is 4.57 Å². The minimum atomic E-state index is -0.283. The van der Waals surface area contributed by atoms with Crippen molar-refractivity contribution >= 4 is 0 Å². The van der Waals surface area contributed by atoms with Crippen molar-refractivity contribution in [3.8, 4) is 5.75 Å². The van der Waals surface area contributed by atoms with Crippen LogP contribution in [0.3, 0.4) is 0 Å². The number of nitrogens with zero attached hydrogens (tertiary/aromatic N) is 1. The Morgan fingerprint density at radius 2 is 1.74 bits per heavy atom. The third kappa shape index (κ3) is 2.75. The molecule has 0 aliphatic rings. The van der Waals surface area contributed by atoms with Crippen LogP contribution in [0.2, 0.25) is 0 Å². The van der Waals surface area contributed by atoms with Gasteiger partial charge in [-0.2, -0.15) is 4.57 Å². The maximum absolute atomic E-state index is 10.1. The molecule has 0 saturated heterocycles. The molecule has 0 fully saturated rings. The molecule has 100 valence electrons. The predicted octanol–water partition coefficient (Wildman–Crippen LogP) is 1.02. The van der Waals surface area contributed by atoms with Gasteiger partial charge in [0.1, 0.15) is 0 Å². The van der Waals surface area contributed by atoms with Crippen molar-refractivity contribution in [1.29, 1.82) is 0 Å². The van der Waals surface area contributed by atoms with E-state index in [9.17, 15) is 15.3 Å². The number of aliphatic hydroxyl groups excluding tert-OH is 2. The second-order valence-electron chi connectivity index (χ2n) is 4.50. The van der Waals surface area contributed by atoms with Gasteiger partial charge in [-0.3, -0.25) is 0 Å². The molecule has 2 rings (SSSR count). The predicted molar refractivity (Wildman–Crippen MR) is 70.4 cm³/mol. The Kier molecular flexibility index (Phi) is 4.14. The Balaban J connectivity index is 2.44. The molecular weight excluding hydrogens is 242 g/mol. The number of rotatable bonds is 4. The van der Waals surface area contributed by atoms with E-state index in [1.165, 1.54) is 0 Å². The average Bonchev–Trinajstić information content (AvgIpc) is 2.45. The van der Waals surface area contributed by atoms with Gasteiger partial charge in [0.15, 0.2) is 18.5 Å². The molecule has 1 aromatic carbocycles. The minimum absolute atomic E-state index is 0.0463. The topological polar surface area (TPSA) is 64.6 Å². The number of aliphatic hydroxyl groups is 2. The maximum Gasteiger partial charge on any atom is 0.220 e. The van der Waals surface area contributed by atoms with Crippen LogP contribution >= 0.6 is 0 Å². The summed E-state index contributed by atoms with van der Waals surface area (Å²) >= 11 is 0. The summed E-state index contributed by atoms with van der Waals surface area (Å²) in [6.45, 7) is 1.91. The van der Waals surface area contributed by atoms with E-state index >= 15 is 0 Å². The third-order valence-electron chi connectivity index (χ3n) is 3.28. The summed E-state index contributed by atoms with van der Waals surface area (Å²) in [6, 6.07) is 9.87. The molecule has 0 unspecified atom stereocenters. The zero-order valence-electron chi connectivity index (χ0n) is 10.9. The Morgan fingerprint density at radius 3 is 2.32 bits per heavy atom. The highest BCUT2D eigenvalue weighted by molar-refractivity contribution is 5.37. The molecule has 3 N–H and O–H groups in total. The lowest BCUT2D eigenvalue weighted by Gasteiger charge is -2.10. The van der Waals surface area contributed by atoms with Crippen molar-refractivity contribution in [2.45, 2.75) is 26.7 Å². The van der Waals surface area contributed by atoms with Crippen molar-refractivity contribution in [2.24, 2.45) is 0 Å². The highest BCUT2D eigenvalue weighted by Gasteiger charge is 2.20. The summed E-state index contributed by atoms with van der Waals surface area (Å²) in [5.74, 6) is 0.0463. The van der Waals surface area contributed by atoms with E-state index in [-0.39, 0.29) is 19.0 Å². The van der Waals surface area contributed by atoms with Crippen LogP contribution in [0.4, 0.5) is 0 Å². The minimum Gasteiger partial charge on any atom is -0.502 e. The molecule has 4 heteroatoms. The Labute approximate surface area is 112 Å². The molecule has 0 saturated carbocycles. The van der Waals surface area contributed by atoms with Crippen molar-refractivity contribution in [2.75, 3.05) is 0 Å². The Bertz CT molecular complexity index is 567. The van der Waals surface area contributed by atoms with Gasteiger partial charge < -0.3 is 15.3 Å². The Morgan fingerprint density at radius 1 is 1.05 bits per heavy atom. The first-order chi connectivity index (χ1) is 9.17. The number of benzene rings is 1. The number of aromatic nitrogens is 1. The molecule has 0 spiro atoms. The molecule has 0 bridgehead atoms. The zero-order chi connectivity index (χ0) is 13.8.